The first-order valence-corrected chi connectivity index (χ1v) is 13.2. The smallest absolute Gasteiger partial charge is 0.317 e. The predicted octanol–water partition coefficient (Wildman–Crippen LogP) is 3.53. The lowest BCUT2D eigenvalue weighted by molar-refractivity contribution is 0.135. The van der Waals surface area contributed by atoms with Crippen molar-refractivity contribution in [3.05, 3.63) is 102 Å². The predicted molar refractivity (Wildman–Crippen MR) is 137 cm³/mol. The number of carbonyl (C=O) groups is 1. The summed E-state index contributed by atoms with van der Waals surface area (Å²) in [4.78, 5) is 16.9. The van der Waals surface area contributed by atoms with E-state index in [-0.39, 0.29) is 6.03 Å². The molecule has 1 aliphatic heterocycles. The number of rotatable bonds is 8. The molecule has 0 unspecified atom stereocenters. The molecule has 0 aromatic heterocycles. The highest BCUT2D eigenvalue weighted by Crippen LogP contribution is 2.18. The van der Waals surface area contributed by atoms with Crippen molar-refractivity contribution in [1.82, 2.24) is 19.4 Å². The molecule has 8 heteroatoms. The Balaban J connectivity index is 1.25. The number of carbonyl (C=O) groups excluding carboxylic acids is 1. The first-order chi connectivity index (χ1) is 16.9. The average Bonchev–Trinajstić information content (AvgIpc) is 2.89. The standard InChI is InChI=1S/C27H32N4O3S/c1-29(21-24-10-6-3-7-11-24)35(33,34)26-14-12-25(13-15-26)22-30-16-18-31(19-17-30)27(32)28-20-23-8-4-2-5-9-23/h2-15H,16-22H2,1H3,(H,28,32). The molecule has 0 bridgehead atoms. The Labute approximate surface area is 208 Å². The van der Waals surface area contributed by atoms with Crippen LogP contribution in [0.15, 0.2) is 89.8 Å². The van der Waals surface area contributed by atoms with Gasteiger partial charge in [0.25, 0.3) is 0 Å². The first-order valence-electron chi connectivity index (χ1n) is 11.8. The molecule has 1 saturated heterocycles. The maximum atomic E-state index is 13.0. The zero-order valence-corrected chi connectivity index (χ0v) is 20.8. The molecule has 184 valence electrons. The molecule has 0 aliphatic carbocycles. The molecule has 35 heavy (non-hydrogen) atoms. The number of benzene rings is 3. The molecule has 0 spiro atoms. The van der Waals surface area contributed by atoms with Gasteiger partial charge in [-0.2, -0.15) is 4.31 Å². The molecule has 0 radical (unpaired) electrons. The third-order valence-electron chi connectivity index (χ3n) is 6.23. The van der Waals surface area contributed by atoms with Gasteiger partial charge in [-0.05, 0) is 28.8 Å². The Bertz CT molecular complexity index is 1190. The number of amides is 2. The van der Waals surface area contributed by atoms with Gasteiger partial charge in [0.15, 0.2) is 0 Å². The number of urea groups is 1. The van der Waals surface area contributed by atoms with Crippen LogP contribution in [0.2, 0.25) is 0 Å². The summed E-state index contributed by atoms with van der Waals surface area (Å²) >= 11 is 0. The summed E-state index contributed by atoms with van der Waals surface area (Å²) in [5.41, 5.74) is 3.08. The summed E-state index contributed by atoms with van der Waals surface area (Å²) in [6.07, 6.45) is 0. The molecule has 3 aromatic carbocycles. The molecule has 0 atom stereocenters. The molecule has 1 aliphatic rings. The second-order valence-electron chi connectivity index (χ2n) is 8.80. The summed E-state index contributed by atoms with van der Waals surface area (Å²) in [6.45, 7) is 4.45. The van der Waals surface area contributed by atoms with E-state index in [0.717, 1.165) is 36.3 Å². The lowest BCUT2D eigenvalue weighted by atomic mass is 10.2. The van der Waals surface area contributed by atoms with Crippen molar-refractivity contribution in [1.29, 1.82) is 0 Å². The van der Waals surface area contributed by atoms with Gasteiger partial charge in [-0.25, -0.2) is 13.2 Å². The second kappa shape index (κ2) is 11.5. The van der Waals surface area contributed by atoms with E-state index < -0.39 is 10.0 Å². The normalized spacial score (nSPS) is 14.7. The van der Waals surface area contributed by atoms with Gasteiger partial charge in [0, 0.05) is 52.9 Å². The van der Waals surface area contributed by atoms with Crippen molar-refractivity contribution in [2.45, 2.75) is 24.5 Å². The quantitative estimate of drug-likeness (QED) is 0.522. The Hall–Kier alpha value is -3.20. The van der Waals surface area contributed by atoms with Crippen LogP contribution in [0.3, 0.4) is 0 Å². The fraction of sp³-hybridized carbons (Fsp3) is 0.296. The van der Waals surface area contributed by atoms with E-state index in [2.05, 4.69) is 10.2 Å². The van der Waals surface area contributed by atoms with Gasteiger partial charge in [0.05, 0.1) is 4.90 Å². The van der Waals surface area contributed by atoms with E-state index in [0.29, 0.717) is 31.1 Å². The van der Waals surface area contributed by atoms with Crippen LogP contribution in [0.1, 0.15) is 16.7 Å². The van der Waals surface area contributed by atoms with E-state index in [4.69, 9.17) is 0 Å². The van der Waals surface area contributed by atoms with E-state index in [1.165, 1.54) is 4.31 Å². The van der Waals surface area contributed by atoms with E-state index in [1.54, 1.807) is 19.2 Å². The van der Waals surface area contributed by atoms with Gasteiger partial charge < -0.3 is 10.2 Å². The van der Waals surface area contributed by atoms with Gasteiger partial charge in [-0.3, -0.25) is 4.90 Å². The zero-order chi connectivity index (χ0) is 24.7. The maximum absolute atomic E-state index is 13.0. The van der Waals surface area contributed by atoms with Crippen molar-refractivity contribution in [2.24, 2.45) is 0 Å². The third-order valence-corrected chi connectivity index (χ3v) is 8.05. The number of piperazine rings is 1. The molecule has 1 N–H and O–H groups in total. The molecule has 3 aromatic rings. The number of hydrogen-bond acceptors (Lipinski definition) is 4. The van der Waals surface area contributed by atoms with Crippen molar-refractivity contribution in [3.8, 4) is 0 Å². The number of nitrogens with one attached hydrogen (secondary N) is 1. The van der Waals surface area contributed by atoms with E-state index in [1.807, 2.05) is 77.7 Å². The lowest BCUT2D eigenvalue weighted by Crippen LogP contribution is -2.51. The molecule has 0 saturated carbocycles. The molecule has 7 nitrogen and oxygen atoms in total. The number of sulfonamides is 1. The first kappa shape index (κ1) is 24.9. The minimum atomic E-state index is -3.56. The minimum absolute atomic E-state index is 0.0392. The molecule has 1 heterocycles. The van der Waals surface area contributed by atoms with Gasteiger partial charge in [0.2, 0.25) is 10.0 Å². The van der Waals surface area contributed by atoms with E-state index in [9.17, 15) is 13.2 Å². The van der Waals surface area contributed by atoms with Gasteiger partial charge in [-0.15, -0.1) is 0 Å². The van der Waals surface area contributed by atoms with Crippen LogP contribution in [-0.2, 0) is 29.7 Å². The van der Waals surface area contributed by atoms with Gasteiger partial charge in [-0.1, -0.05) is 72.8 Å². The highest BCUT2D eigenvalue weighted by atomic mass is 32.2. The molecule has 4 rings (SSSR count). The Kier molecular flexibility index (Phi) is 8.17. The maximum Gasteiger partial charge on any atom is 0.317 e. The third kappa shape index (κ3) is 6.69. The Morgan fingerprint density at radius 1 is 0.800 bits per heavy atom. The lowest BCUT2D eigenvalue weighted by Gasteiger charge is -2.34. The van der Waals surface area contributed by atoms with Crippen molar-refractivity contribution < 1.29 is 13.2 Å². The summed E-state index contributed by atoms with van der Waals surface area (Å²) in [7, 11) is -1.96. The van der Waals surface area contributed by atoms with E-state index >= 15 is 0 Å². The molecule has 1 fully saturated rings. The molecular formula is C27H32N4O3S. The number of hydrogen-bond donors (Lipinski definition) is 1. The highest BCUT2D eigenvalue weighted by Gasteiger charge is 2.23. The fourth-order valence-electron chi connectivity index (χ4n) is 4.12. The van der Waals surface area contributed by atoms with Crippen LogP contribution in [-0.4, -0.2) is 61.8 Å². The van der Waals surface area contributed by atoms with Crippen LogP contribution >= 0.6 is 0 Å². The van der Waals surface area contributed by atoms with Gasteiger partial charge in [0.1, 0.15) is 0 Å². The van der Waals surface area contributed by atoms with Crippen LogP contribution < -0.4 is 5.32 Å². The minimum Gasteiger partial charge on any atom is -0.334 e. The van der Waals surface area contributed by atoms with Crippen LogP contribution in [0.4, 0.5) is 4.79 Å². The summed E-state index contributed by atoms with van der Waals surface area (Å²) < 4.78 is 27.3. The molecular weight excluding hydrogens is 460 g/mol. The highest BCUT2D eigenvalue weighted by molar-refractivity contribution is 7.89. The summed E-state index contributed by atoms with van der Waals surface area (Å²) in [5.74, 6) is 0. The number of nitrogens with zero attached hydrogens (tertiary/aromatic N) is 3. The summed E-state index contributed by atoms with van der Waals surface area (Å²) in [6, 6.07) is 26.5. The van der Waals surface area contributed by atoms with Gasteiger partial charge >= 0.3 is 6.03 Å². The Morgan fingerprint density at radius 2 is 1.37 bits per heavy atom. The van der Waals surface area contributed by atoms with Crippen molar-refractivity contribution >= 4 is 16.1 Å². The summed E-state index contributed by atoms with van der Waals surface area (Å²) in [5, 5.41) is 2.99. The van der Waals surface area contributed by atoms with Crippen molar-refractivity contribution in [2.75, 3.05) is 33.2 Å². The SMILES string of the molecule is CN(Cc1ccccc1)S(=O)(=O)c1ccc(CN2CCN(C(=O)NCc3ccccc3)CC2)cc1. The fourth-order valence-corrected chi connectivity index (χ4v) is 5.28. The second-order valence-corrected chi connectivity index (χ2v) is 10.8. The molecule has 2 amide bonds. The van der Waals surface area contributed by atoms with Crippen LogP contribution in [0.5, 0.6) is 0 Å². The zero-order valence-electron chi connectivity index (χ0n) is 20.0. The topological polar surface area (TPSA) is 73.0 Å². The monoisotopic (exact) mass is 492 g/mol. The average molecular weight is 493 g/mol. The Morgan fingerprint density at radius 3 is 1.97 bits per heavy atom. The van der Waals surface area contributed by atoms with Crippen LogP contribution in [0.25, 0.3) is 0 Å². The largest absolute Gasteiger partial charge is 0.334 e. The van der Waals surface area contributed by atoms with Crippen LogP contribution in [0, 0.1) is 0 Å². The van der Waals surface area contributed by atoms with Crippen molar-refractivity contribution in [3.63, 3.8) is 0 Å².